The lowest BCUT2D eigenvalue weighted by Gasteiger charge is -2.04. The number of pyridine rings is 1. The van der Waals surface area contributed by atoms with Crippen molar-refractivity contribution in [2.75, 3.05) is 17.2 Å². The van der Waals surface area contributed by atoms with Crippen molar-refractivity contribution in [1.82, 2.24) is 15.2 Å². The Morgan fingerprint density at radius 1 is 1.29 bits per heavy atom. The van der Waals surface area contributed by atoms with Gasteiger partial charge >= 0.3 is 0 Å². The molecule has 0 aliphatic carbocycles. The highest BCUT2D eigenvalue weighted by molar-refractivity contribution is 7.17. The number of nitrogens with zero attached hydrogens (tertiary/aromatic N) is 3. The van der Waals surface area contributed by atoms with Crippen LogP contribution >= 0.6 is 11.3 Å². The monoisotopic (exact) mass is 299 g/mol. The van der Waals surface area contributed by atoms with E-state index < -0.39 is 0 Å². The number of carbonyl (C=O) groups excluding carboxylic acids is 1. The highest BCUT2D eigenvalue weighted by Gasteiger charge is 2.12. The van der Waals surface area contributed by atoms with Crippen molar-refractivity contribution >= 4 is 39.0 Å². The van der Waals surface area contributed by atoms with Gasteiger partial charge in [0.25, 0.3) is 5.91 Å². The summed E-state index contributed by atoms with van der Waals surface area (Å²) in [4.78, 5) is 16.4. The van der Waals surface area contributed by atoms with Crippen LogP contribution in [0.3, 0.4) is 0 Å². The normalized spacial score (nSPS) is 10.5. The number of benzene rings is 1. The molecule has 6 nitrogen and oxygen atoms in total. The summed E-state index contributed by atoms with van der Waals surface area (Å²) in [7, 11) is 0. The molecule has 3 rings (SSSR count). The number of anilines is 2. The second-order valence-electron chi connectivity index (χ2n) is 4.31. The van der Waals surface area contributed by atoms with Gasteiger partial charge in [0.15, 0.2) is 0 Å². The lowest BCUT2D eigenvalue weighted by atomic mass is 10.2. The molecule has 0 spiro atoms. The Labute approximate surface area is 125 Å². The van der Waals surface area contributed by atoms with Crippen molar-refractivity contribution in [3.8, 4) is 0 Å². The molecule has 0 unspecified atom stereocenters. The average Bonchev–Trinajstić information content (AvgIpc) is 2.96. The standard InChI is InChI=1S/C14H13N5OS/c1-2-15-14-19-18-13(21-14)12(20)17-10-5-6-11-9(8-10)4-3-7-16-11/h3-8H,2H2,1H3,(H,15,19)(H,17,20). The SMILES string of the molecule is CCNc1nnc(C(=O)Nc2ccc3ncccc3c2)s1. The van der Waals surface area contributed by atoms with Gasteiger partial charge in [0.05, 0.1) is 5.52 Å². The molecule has 0 aliphatic rings. The van der Waals surface area contributed by atoms with Gasteiger partial charge in [-0.05, 0) is 31.2 Å². The van der Waals surface area contributed by atoms with Crippen LogP contribution in [0, 0.1) is 0 Å². The largest absolute Gasteiger partial charge is 0.360 e. The lowest BCUT2D eigenvalue weighted by molar-refractivity contribution is 0.102. The Kier molecular flexibility index (Phi) is 3.74. The van der Waals surface area contributed by atoms with Crippen LogP contribution in [-0.2, 0) is 0 Å². The fraction of sp³-hybridized carbons (Fsp3) is 0.143. The molecule has 3 aromatic rings. The molecule has 1 aromatic carbocycles. The van der Waals surface area contributed by atoms with Crippen molar-refractivity contribution in [2.24, 2.45) is 0 Å². The molecule has 0 saturated heterocycles. The molecule has 0 atom stereocenters. The first-order valence-electron chi connectivity index (χ1n) is 6.50. The predicted molar refractivity (Wildman–Crippen MR) is 83.8 cm³/mol. The van der Waals surface area contributed by atoms with Gasteiger partial charge in [-0.2, -0.15) is 0 Å². The van der Waals surface area contributed by atoms with Gasteiger partial charge in [-0.25, -0.2) is 0 Å². The maximum absolute atomic E-state index is 12.1. The number of carbonyl (C=O) groups is 1. The summed E-state index contributed by atoms with van der Waals surface area (Å²) in [6.45, 7) is 2.71. The third kappa shape index (κ3) is 2.97. The van der Waals surface area contributed by atoms with E-state index in [0.717, 1.165) is 17.4 Å². The predicted octanol–water partition coefficient (Wildman–Crippen LogP) is 2.77. The third-order valence-corrected chi connectivity index (χ3v) is 3.69. The smallest absolute Gasteiger partial charge is 0.286 e. The zero-order valence-electron chi connectivity index (χ0n) is 11.3. The van der Waals surface area contributed by atoms with Crippen molar-refractivity contribution in [2.45, 2.75) is 6.92 Å². The van der Waals surface area contributed by atoms with E-state index in [-0.39, 0.29) is 5.91 Å². The van der Waals surface area contributed by atoms with E-state index in [9.17, 15) is 4.79 Å². The molecule has 106 valence electrons. The van der Waals surface area contributed by atoms with E-state index in [4.69, 9.17) is 0 Å². The van der Waals surface area contributed by atoms with E-state index in [1.54, 1.807) is 6.20 Å². The van der Waals surface area contributed by atoms with Gasteiger partial charge in [-0.1, -0.05) is 17.4 Å². The summed E-state index contributed by atoms with van der Waals surface area (Å²) < 4.78 is 0. The van der Waals surface area contributed by atoms with Gasteiger partial charge in [-0.3, -0.25) is 9.78 Å². The van der Waals surface area contributed by atoms with Gasteiger partial charge in [0.1, 0.15) is 0 Å². The van der Waals surface area contributed by atoms with Crippen LogP contribution in [0.5, 0.6) is 0 Å². The molecule has 2 heterocycles. The number of fused-ring (bicyclic) bond motifs is 1. The number of nitrogens with one attached hydrogen (secondary N) is 2. The highest BCUT2D eigenvalue weighted by atomic mass is 32.1. The van der Waals surface area contributed by atoms with E-state index in [0.29, 0.717) is 15.8 Å². The number of rotatable bonds is 4. The van der Waals surface area contributed by atoms with Crippen molar-refractivity contribution < 1.29 is 4.79 Å². The molecule has 7 heteroatoms. The Morgan fingerprint density at radius 3 is 3.05 bits per heavy atom. The topological polar surface area (TPSA) is 79.8 Å². The minimum Gasteiger partial charge on any atom is -0.360 e. The van der Waals surface area contributed by atoms with Gasteiger partial charge in [-0.15, -0.1) is 10.2 Å². The van der Waals surface area contributed by atoms with Crippen molar-refractivity contribution in [3.05, 3.63) is 41.5 Å². The number of aromatic nitrogens is 3. The molecule has 0 bridgehead atoms. The van der Waals surface area contributed by atoms with Crippen LogP contribution in [0.15, 0.2) is 36.5 Å². The van der Waals surface area contributed by atoms with Crippen LogP contribution in [0.2, 0.25) is 0 Å². The van der Waals surface area contributed by atoms with E-state index in [2.05, 4.69) is 25.8 Å². The van der Waals surface area contributed by atoms with Gasteiger partial charge in [0, 0.05) is 23.8 Å². The minimum absolute atomic E-state index is 0.264. The molecule has 2 aromatic heterocycles. The van der Waals surface area contributed by atoms with Crippen LogP contribution in [0.25, 0.3) is 10.9 Å². The number of hydrogen-bond acceptors (Lipinski definition) is 6. The molecule has 0 fully saturated rings. The van der Waals surface area contributed by atoms with E-state index in [1.165, 1.54) is 11.3 Å². The first-order valence-corrected chi connectivity index (χ1v) is 7.31. The maximum atomic E-state index is 12.1. The summed E-state index contributed by atoms with van der Waals surface area (Å²) in [6, 6.07) is 9.38. The lowest BCUT2D eigenvalue weighted by Crippen LogP contribution is -2.11. The third-order valence-electron chi connectivity index (χ3n) is 2.81. The first-order chi connectivity index (χ1) is 10.3. The van der Waals surface area contributed by atoms with Gasteiger partial charge < -0.3 is 10.6 Å². The molecule has 1 amide bonds. The second-order valence-corrected chi connectivity index (χ2v) is 5.29. The quantitative estimate of drug-likeness (QED) is 0.774. The fourth-order valence-corrected chi connectivity index (χ4v) is 2.58. The molecule has 0 radical (unpaired) electrons. The summed E-state index contributed by atoms with van der Waals surface area (Å²) >= 11 is 1.23. The van der Waals surface area contributed by atoms with Gasteiger partial charge in [0.2, 0.25) is 10.1 Å². The average molecular weight is 299 g/mol. The summed E-state index contributed by atoms with van der Waals surface area (Å²) in [5.41, 5.74) is 1.60. The van der Waals surface area contributed by atoms with E-state index in [1.807, 2.05) is 37.3 Å². The molecule has 0 aliphatic heterocycles. The van der Waals surface area contributed by atoms with Crippen LogP contribution in [0.1, 0.15) is 16.7 Å². The maximum Gasteiger partial charge on any atom is 0.286 e. The number of hydrogen-bond donors (Lipinski definition) is 2. The van der Waals surface area contributed by atoms with Crippen LogP contribution in [0.4, 0.5) is 10.8 Å². The Morgan fingerprint density at radius 2 is 2.19 bits per heavy atom. The molecule has 2 N–H and O–H groups in total. The van der Waals surface area contributed by atoms with Crippen molar-refractivity contribution in [3.63, 3.8) is 0 Å². The van der Waals surface area contributed by atoms with Crippen LogP contribution in [-0.4, -0.2) is 27.6 Å². The van der Waals surface area contributed by atoms with Crippen LogP contribution < -0.4 is 10.6 Å². The highest BCUT2D eigenvalue weighted by Crippen LogP contribution is 2.19. The minimum atomic E-state index is -0.264. The van der Waals surface area contributed by atoms with Crippen molar-refractivity contribution in [1.29, 1.82) is 0 Å². The first kappa shape index (κ1) is 13.4. The molecule has 21 heavy (non-hydrogen) atoms. The second kappa shape index (κ2) is 5.84. The zero-order valence-corrected chi connectivity index (χ0v) is 12.1. The Balaban J connectivity index is 1.78. The summed E-state index contributed by atoms with van der Waals surface area (Å²) in [5.74, 6) is -0.264. The Bertz CT molecular complexity index is 786. The number of amides is 1. The molecular weight excluding hydrogens is 286 g/mol. The Hall–Kier alpha value is -2.54. The zero-order chi connectivity index (χ0) is 14.7. The molecule has 0 saturated carbocycles. The fourth-order valence-electron chi connectivity index (χ4n) is 1.88. The molecular formula is C14H13N5OS. The summed E-state index contributed by atoms with van der Waals surface area (Å²) in [5, 5.41) is 15.6. The summed E-state index contributed by atoms with van der Waals surface area (Å²) in [6.07, 6.45) is 1.74. The van der Waals surface area contributed by atoms with E-state index >= 15 is 0 Å².